The van der Waals surface area contributed by atoms with E-state index < -0.39 is 23.7 Å². The predicted octanol–water partition coefficient (Wildman–Crippen LogP) is 2.97. The van der Waals surface area contributed by atoms with Gasteiger partial charge in [-0.25, -0.2) is 4.79 Å². The Kier molecular flexibility index (Phi) is 12.3. The van der Waals surface area contributed by atoms with E-state index in [1.165, 1.54) is 32.8 Å². The summed E-state index contributed by atoms with van der Waals surface area (Å²) in [5.41, 5.74) is 5.06. The molecule has 0 saturated heterocycles. The van der Waals surface area contributed by atoms with Crippen LogP contribution in [0.1, 0.15) is 52.4 Å². The number of aryl methyl sites for hydroxylation is 1. The molecule has 0 aliphatic rings. The molecule has 0 bridgehead atoms. The summed E-state index contributed by atoms with van der Waals surface area (Å²) in [6.07, 6.45) is 4.80. The van der Waals surface area contributed by atoms with Crippen molar-refractivity contribution in [3.8, 4) is 5.75 Å². The molecule has 30 heavy (non-hydrogen) atoms. The van der Waals surface area contributed by atoms with Crippen LogP contribution in [0.25, 0.3) is 0 Å². The van der Waals surface area contributed by atoms with Gasteiger partial charge in [0.2, 0.25) is 0 Å². The van der Waals surface area contributed by atoms with E-state index in [9.17, 15) is 15.0 Å². The molecule has 4 N–H and O–H groups in total. The maximum absolute atomic E-state index is 12.1. The molecule has 0 amide bonds. The second-order valence-corrected chi connectivity index (χ2v) is 7.50. The van der Waals surface area contributed by atoms with Gasteiger partial charge in [-0.05, 0) is 37.0 Å². The molecule has 172 valence electrons. The number of benzene rings is 1. The molecule has 0 aliphatic heterocycles. The van der Waals surface area contributed by atoms with Crippen LogP contribution in [-0.2, 0) is 20.7 Å². The summed E-state index contributed by atoms with van der Waals surface area (Å²) < 4.78 is 15.4. The van der Waals surface area contributed by atoms with E-state index in [-0.39, 0.29) is 14.5 Å². The van der Waals surface area contributed by atoms with Gasteiger partial charge < -0.3 is 30.2 Å². The average molecular weight is 426 g/mol. The fraction of sp³-hybridized carbons (Fsp3) is 0.609. The van der Waals surface area contributed by atoms with Gasteiger partial charge in [-0.15, -0.1) is 0 Å². The van der Waals surface area contributed by atoms with Crippen molar-refractivity contribution in [2.75, 3.05) is 20.3 Å². The quantitative estimate of drug-likeness (QED) is 0.212. The second-order valence-electron chi connectivity index (χ2n) is 7.50. The Labute approximate surface area is 181 Å². The molecule has 0 radical (unpaired) electrons. The molecule has 3 unspecified atom stereocenters. The number of unbranched alkanes of at least 4 members (excludes halogenated alkanes) is 4. The van der Waals surface area contributed by atoms with Crippen LogP contribution in [0.4, 0.5) is 0 Å². The van der Waals surface area contributed by atoms with Crippen molar-refractivity contribution in [3.63, 3.8) is 0 Å². The molecule has 0 spiro atoms. The minimum absolute atomic E-state index is 0. The predicted molar refractivity (Wildman–Crippen MR) is 118 cm³/mol. The fourth-order valence-corrected chi connectivity index (χ4v) is 3.15. The number of methoxy groups -OCH3 is 1. The number of hydrogen-bond acceptors (Lipinski definition) is 7. The van der Waals surface area contributed by atoms with Gasteiger partial charge in [0.05, 0.1) is 25.6 Å². The van der Waals surface area contributed by atoms with Gasteiger partial charge in [-0.1, -0.05) is 51.3 Å². The maximum atomic E-state index is 12.1. The van der Waals surface area contributed by atoms with E-state index in [0.717, 1.165) is 24.0 Å². The molecular formula is C23H39NO6. The smallest absolute Gasteiger partial charge is 0.336 e. The molecule has 1 aromatic rings. The molecule has 0 aromatic heterocycles. The van der Waals surface area contributed by atoms with Crippen LogP contribution in [0.2, 0.25) is 0 Å². The van der Waals surface area contributed by atoms with Crippen LogP contribution in [0.3, 0.4) is 0 Å². The number of rotatable bonds is 16. The molecule has 1 rings (SSSR count). The van der Waals surface area contributed by atoms with E-state index in [1.54, 1.807) is 0 Å². The highest BCUT2D eigenvalue weighted by molar-refractivity contribution is 5.82. The van der Waals surface area contributed by atoms with Crippen molar-refractivity contribution in [1.82, 2.24) is 0 Å². The third-order valence-corrected chi connectivity index (χ3v) is 5.01. The van der Waals surface area contributed by atoms with Crippen molar-refractivity contribution in [1.29, 1.82) is 0 Å². The van der Waals surface area contributed by atoms with Crippen molar-refractivity contribution in [2.45, 2.75) is 69.6 Å². The number of carbonyl (C=O) groups excluding carboxylic acids is 1. The maximum Gasteiger partial charge on any atom is 0.336 e. The van der Waals surface area contributed by atoms with Crippen LogP contribution in [0, 0.1) is 0 Å². The highest BCUT2D eigenvalue weighted by Gasteiger charge is 2.46. The van der Waals surface area contributed by atoms with E-state index >= 15 is 0 Å². The lowest BCUT2D eigenvalue weighted by atomic mass is 9.88. The average Bonchev–Trinajstić information content (AvgIpc) is 2.75. The van der Waals surface area contributed by atoms with Gasteiger partial charge >= 0.3 is 5.97 Å². The normalized spacial score (nSPS) is 15.1. The molecule has 0 saturated carbocycles. The van der Waals surface area contributed by atoms with E-state index in [1.807, 2.05) is 24.3 Å². The SMILES string of the molecule is C=COC(=O)C(N)(COC)C(O)C(O)CCc1ccc(OCCCCCCC)cc1.[HH]. The van der Waals surface area contributed by atoms with Crippen molar-refractivity contribution >= 4 is 5.97 Å². The highest BCUT2D eigenvalue weighted by Crippen LogP contribution is 2.19. The number of nitrogens with two attached hydrogens (primary N) is 1. The Bertz CT molecular complexity index is 627. The van der Waals surface area contributed by atoms with Gasteiger partial charge in [-0.2, -0.15) is 0 Å². The number of carbonyl (C=O) groups is 1. The molecule has 7 heteroatoms. The Morgan fingerprint density at radius 2 is 1.90 bits per heavy atom. The summed E-state index contributed by atoms with van der Waals surface area (Å²) in [6, 6.07) is 7.62. The molecule has 1 aromatic carbocycles. The molecule has 0 aliphatic carbocycles. The summed E-state index contributed by atoms with van der Waals surface area (Å²) in [4.78, 5) is 12.1. The molecule has 0 fully saturated rings. The Balaban J connectivity index is 0.00000900. The Morgan fingerprint density at radius 3 is 2.50 bits per heavy atom. The van der Waals surface area contributed by atoms with Crippen LogP contribution in [0.15, 0.2) is 37.1 Å². The van der Waals surface area contributed by atoms with Crippen LogP contribution >= 0.6 is 0 Å². The minimum atomic E-state index is -1.89. The van der Waals surface area contributed by atoms with Crippen LogP contribution in [-0.4, -0.2) is 54.3 Å². The Hall–Kier alpha value is -1.93. The molecular weight excluding hydrogens is 386 g/mol. The number of ether oxygens (including phenoxy) is 3. The van der Waals surface area contributed by atoms with Gasteiger partial charge in [0, 0.05) is 8.54 Å². The third kappa shape index (κ3) is 8.44. The summed E-state index contributed by atoms with van der Waals surface area (Å²) in [5, 5.41) is 20.8. The number of hydrogen-bond donors (Lipinski definition) is 3. The van der Waals surface area contributed by atoms with E-state index in [2.05, 4.69) is 13.5 Å². The second kappa shape index (κ2) is 14.1. The zero-order chi connectivity index (χ0) is 22.4. The number of esters is 1. The summed E-state index contributed by atoms with van der Waals surface area (Å²) in [6.45, 7) is 5.90. The van der Waals surface area contributed by atoms with Crippen LogP contribution < -0.4 is 10.5 Å². The first-order valence-electron chi connectivity index (χ1n) is 10.6. The number of aliphatic hydroxyl groups excluding tert-OH is 2. The van der Waals surface area contributed by atoms with E-state index in [4.69, 9.17) is 19.9 Å². The highest BCUT2D eigenvalue weighted by atomic mass is 16.5. The largest absolute Gasteiger partial charge is 0.494 e. The molecule has 3 atom stereocenters. The van der Waals surface area contributed by atoms with Gasteiger partial charge in [0.1, 0.15) is 11.9 Å². The first-order chi connectivity index (χ1) is 14.4. The minimum Gasteiger partial charge on any atom is -0.494 e. The zero-order valence-electron chi connectivity index (χ0n) is 18.2. The zero-order valence-corrected chi connectivity index (χ0v) is 18.2. The van der Waals surface area contributed by atoms with E-state index in [0.29, 0.717) is 13.0 Å². The third-order valence-electron chi connectivity index (χ3n) is 5.01. The molecule has 0 heterocycles. The van der Waals surface area contributed by atoms with Gasteiger partial charge in [0.15, 0.2) is 5.54 Å². The fourth-order valence-electron chi connectivity index (χ4n) is 3.15. The lowest BCUT2D eigenvalue weighted by Crippen LogP contribution is -2.64. The summed E-state index contributed by atoms with van der Waals surface area (Å²) >= 11 is 0. The van der Waals surface area contributed by atoms with Crippen molar-refractivity contribution in [2.24, 2.45) is 5.73 Å². The first-order valence-corrected chi connectivity index (χ1v) is 10.6. The van der Waals surface area contributed by atoms with Crippen molar-refractivity contribution < 1.29 is 30.6 Å². The summed E-state index contributed by atoms with van der Waals surface area (Å²) in [5.74, 6) is -0.106. The van der Waals surface area contributed by atoms with Crippen LogP contribution in [0.5, 0.6) is 5.75 Å². The van der Waals surface area contributed by atoms with Crippen molar-refractivity contribution in [3.05, 3.63) is 42.7 Å². The monoisotopic (exact) mass is 425 g/mol. The Morgan fingerprint density at radius 1 is 1.23 bits per heavy atom. The lowest BCUT2D eigenvalue weighted by molar-refractivity contribution is -0.157. The summed E-state index contributed by atoms with van der Waals surface area (Å²) in [7, 11) is 1.34. The van der Waals surface area contributed by atoms with Gasteiger partial charge in [-0.3, -0.25) is 0 Å². The number of aliphatic hydroxyl groups is 2. The first kappa shape index (κ1) is 26.1. The van der Waals surface area contributed by atoms with Gasteiger partial charge in [0.25, 0.3) is 0 Å². The molecule has 7 nitrogen and oxygen atoms in total. The topological polar surface area (TPSA) is 111 Å². The standard InChI is InChI=1S/C23H37NO6.H2/c1-4-6-7-8-9-16-30-19-13-10-18(11-14-19)12-15-20(25)21(26)23(24,17-28-3)22(27)29-5-2;/h5,10-11,13-14,20-21,25-26H,2,4,6-9,12,15-17,24H2,1,3H3;1H. The lowest BCUT2D eigenvalue weighted by Gasteiger charge is -2.33.